The maximum absolute atomic E-state index is 14.6. The van der Waals surface area contributed by atoms with Gasteiger partial charge in [0.1, 0.15) is 36.7 Å². The van der Waals surface area contributed by atoms with E-state index in [0.29, 0.717) is 18.4 Å². The second-order valence-electron chi connectivity index (χ2n) is 17.4. The molecule has 0 spiro atoms. The molecule has 0 aromatic heterocycles. The van der Waals surface area contributed by atoms with E-state index >= 15 is 0 Å². The second-order valence-corrected chi connectivity index (χ2v) is 19.0. The Balaban J connectivity index is 1.59. The molecule has 0 fully saturated rings. The Morgan fingerprint density at radius 3 is 2.03 bits per heavy atom. The van der Waals surface area contributed by atoms with Crippen LogP contribution in [-0.2, 0) is 55.4 Å². The van der Waals surface area contributed by atoms with Gasteiger partial charge in [-0.3, -0.25) is 28.2 Å². The summed E-state index contributed by atoms with van der Waals surface area (Å²) in [7, 11) is -4.26. The molecule has 1 aliphatic rings. The zero-order valence-corrected chi connectivity index (χ0v) is 39.4. The lowest BCUT2D eigenvalue weighted by Gasteiger charge is -2.25. The topological polar surface area (TPSA) is 211 Å². The molecule has 0 heterocycles. The number of alkyl halides is 1. The highest BCUT2D eigenvalue weighted by molar-refractivity contribution is 7.48. The Labute approximate surface area is 387 Å². The van der Waals surface area contributed by atoms with Crippen molar-refractivity contribution in [3.63, 3.8) is 0 Å². The van der Waals surface area contributed by atoms with Crippen molar-refractivity contribution in [2.24, 2.45) is 17.6 Å². The van der Waals surface area contributed by atoms with Crippen LogP contribution in [0.15, 0.2) is 92.0 Å². The van der Waals surface area contributed by atoms with Crippen LogP contribution in [0.2, 0.25) is 0 Å². The smallest absolute Gasteiger partial charge is 0.465 e. The summed E-state index contributed by atoms with van der Waals surface area (Å²) in [4.78, 5) is 66.9. The number of halogens is 1. The number of phosphoric acid groups is 1. The maximum atomic E-state index is 14.6. The number of amides is 4. The van der Waals surface area contributed by atoms with Gasteiger partial charge in [0.05, 0.1) is 19.6 Å². The summed E-state index contributed by atoms with van der Waals surface area (Å²) in [5, 5.41) is 8.14. The number of nitrogens with one attached hydrogen (secondary N) is 3. The van der Waals surface area contributed by atoms with Crippen LogP contribution in [0.3, 0.4) is 0 Å². The molecule has 3 unspecified atom stereocenters. The largest absolute Gasteiger partial charge is 0.530 e. The van der Waals surface area contributed by atoms with Gasteiger partial charge >= 0.3 is 19.9 Å². The molecule has 3 atom stereocenters. The minimum absolute atomic E-state index is 0.0310. The van der Waals surface area contributed by atoms with Crippen LogP contribution in [0.1, 0.15) is 94.9 Å². The number of esters is 1. The van der Waals surface area contributed by atoms with Gasteiger partial charge < -0.3 is 35.7 Å². The standard InChI is InChI=1S/C49H64FN4O11P/c1-8-24-62-66(60,63-25-9-2)65-43-22-21-33(27-35(43)30-50)28-42(47(58)53-41(45(51)56)26-32(3)4)54-46(57)34(16-14-15-23-52-48(59)64-49(5,6)7)29-44(55)61-31-40-38-19-12-10-17-36(38)37-18-11-13-20-39(37)40/h8-13,17-22,27,32,34,40-42H,1-2,14-16,23-26,28-31H2,3-7H3,(H2,51,56)(H,52,59)(H,53,58)(H,54,57). The second kappa shape index (κ2) is 25.2. The summed E-state index contributed by atoms with van der Waals surface area (Å²) >= 11 is 0. The third kappa shape index (κ3) is 16.2. The number of primary amides is 1. The first-order valence-electron chi connectivity index (χ1n) is 22.1. The summed E-state index contributed by atoms with van der Waals surface area (Å²) in [6.45, 7) is 14.8. The molecule has 0 saturated carbocycles. The molecule has 4 amide bonds. The lowest BCUT2D eigenvalue weighted by molar-refractivity contribution is -0.147. The normalized spacial score (nSPS) is 13.6. The number of carbonyl (C=O) groups is 5. The van der Waals surface area contributed by atoms with E-state index in [2.05, 4.69) is 29.1 Å². The molecule has 15 nitrogen and oxygen atoms in total. The van der Waals surface area contributed by atoms with Crippen LogP contribution < -0.4 is 26.2 Å². The van der Waals surface area contributed by atoms with Crippen molar-refractivity contribution in [1.82, 2.24) is 16.0 Å². The first-order valence-corrected chi connectivity index (χ1v) is 23.5. The third-order valence-corrected chi connectivity index (χ3v) is 11.8. The number of nitrogens with two attached hydrogens (primary N) is 1. The van der Waals surface area contributed by atoms with E-state index < -0.39 is 67.9 Å². The Morgan fingerprint density at radius 2 is 1.47 bits per heavy atom. The number of benzene rings is 3. The van der Waals surface area contributed by atoms with Gasteiger partial charge in [0, 0.05) is 30.4 Å². The zero-order chi connectivity index (χ0) is 48.4. The number of phosphoric ester groups is 1. The van der Waals surface area contributed by atoms with Crippen molar-refractivity contribution in [1.29, 1.82) is 0 Å². The molecule has 4 rings (SSSR count). The van der Waals surface area contributed by atoms with Crippen LogP contribution in [0.25, 0.3) is 11.1 Å². The van der Waals surface area contributed by atoms with Crippen molar-refractivity contribution in [2.45, 2.75) is 103 Å². The quantitative estimate of drug-likeness (QED) is 0.0248. The van der Waals surface area contributed by atoms with Crippen LogP contribution in [0.5, 0.6) is 5.75 Å². The molecule has 66 heavy (non-hydrogen) atoms. The molecular formula is C49H64FN4O11P. The highest BCUT2D eigenvalue weighted by Gasteiger charge is 2.34. The van der Waals surface area contributed by atoms with Crippen LogP contribution in [0.4, 0.5) is 9.18 Å². The molecule has 3 aromatic carbocycles. The van der Waals surface area contributed by atoms with Crippen LogP contribution in [-0.4, -0.2) is 73.8 Å². The molecule has 0 radical (unpaired) electrons. The van der Waals surface area contributed by atoms with Crippen molar-refractivity contribution >= 4 is 37.6 Å². The Morgan fingerprint density at radius 1 is 0.864 bits per heavy atom. The van der Waals surface area contributed by atoms with Gasteiger partial charge in [-0.25, -0.2) is 13.8 Å². The molecule has 0 saturated heterocycles. The average molecular weight is 935 g/mol. The van der Waals surface area contributed by atoms with E-state index in [-0.39, 0.29) is 75.2 Å². The first-order chi connectivity index (χ1) is 31.4. The number of carbonyl (C=O) groups excluding carboxylic acids is 5. The fourth-order valence-corrected chi connectivity index (χ4v) is 8.57. The summed E-state index contributed by atoms with van der Waals surface area (Å²) in [5.74, 6) is -4.24. The van der Waals surface area contributed by atoms with Crippen molar-refractivity contribution in [3.05, 3.63) is 114 Å². The minimum atomic E-state index is -4.26. The van der Waals surface area contributed by atoms with Gasteiger partial charge in [0.15, 0.2) is 0 Å². The highest BCUT2D eigenvalue weighted by Crippen LogP contribution is 2.50. The summed E-state index contributed by atoms with van der Waals surface area (Å²) in [5.41, 5.74) is 9.41. The first kappa shape index (κ1) is 52.8. The van der Waals surface area contributed by atoms with E-state index in [1.807, 2.05) is 62.4 Å². The lowest BCUT2D eigenvalue weighted by Crippen LogP contribution is -2.54. The number of hydrogen-bond acceptors (Lipinski definition) is 11. The predicted octanol–water partition coefficient (Wildman–Crippen LogP) is 8.15. The molecule has 0 aliphatic heterocycles. The van der Waals surface area contributed by atoms with Crippen LogP contribution >= 0.6 is 7.82 Å². The summed E-state index contributed by atoms with van der Waals surface area (Å²) in [6.07, 6.45) is 2.71. The molecule has 17 heteroatoms. The number of alkyl carbamates (subject to hydrolysis) is 1. The molecule has 0 bridgehead atoms. The van der Waals surface area contributed by atoms with E-state index in [9.17, 15) is 32.9 Å². The van der Waals surface area contributed by atoms with Crippen LogP contribution in [0, 0.1) is 11.8 Å². The molecular weight excluding hydrogens is 871 g/mol. The molecule has 358 valence electrons. The Kier molecular flexibility index (Phi) is 20.1. The SMILES string of the molecule is C=CCOP(=O)(OCC=C)Oc1ccc(CC(NC(=O)C(CCCCNC(=O)OC(C)(C)C)CC(=O)OCC2c3ccccc3-c3ccccc32)C(=O)NC(CC(C)C)C(N)=O)cc1CF. The van der Waals surface area contributed by atoms with E-state index in [1.54, 1.807) is 20.8 Å². The highest BCUT2D eigenvalue weighted by atomic mass is 31.2. The maximum Gasteiger partial charge on any atom is 0.530 e. The molecule has 5 N–H and O–H groups in total. The third-order valence-electron chi connectivity index (χ3n) is 10.4. The Hall–Kier alpha value is -5.83. The fraction of sp³-hybridized carbons (Fsp3) is 0.449. The molecule has 3 aromatic rings. The Bertz CT molecular complexity index is 2170. The van der Waals surface area contributed by atoms with E-state index in [4.69, 9.17) is 28.8 Å². The number of fused-ring (bicyclic) bond motifs is 3. The average Bonchev–Trinajstić information content (AvgIpc) is 3.58. The molecule has 1 aliphatic carbocycles. The minimum Gasteiger partial charge on any atom is -0.465 e. The number of hydrogen-bond donors (Lipinski definition) is 4. The lowest BCUT2D eigenvalue weighted by atomic mass is 9.95. The van der Waals surface area contributed by atoms with Crippen molar-refractivity contribution in [2.75, 3.05) is 26.4 Å². The van der Waals surface area contributed by atoms with E-state index in [1.165, 1.54) is 30.4 Å². The van der Waals surface area contributed by atoms with Gasteiger partial charge in [0.25, 0.3) is 0 Å². The van der Waals surface area contributed by atoms with E-state index in [0.717, 1.165) is 22.3 Å². The fourth-order valence-electron chi connectivity index (χ4n) is 7.40. The number of rotatable bonds is 27. The number of ether oxygens (including phenoxy) is 2. The van der Waals surface area contributed by atoms with Gasteiger partial charge in [-0.15, -0.1) is 13.2 Å². The monoisotopic (exact) mass is 934 g/mol. The van der Waals surface area contributed by atoms with Gasteiger partial charge in [0.2, 0.25) is 17.7 Å². The number of unbranched alkanes of at least 4 members (excludes halogenated alkanes) is 1. The van der Waals surface area contributed by atoms with Crippen molar-refractivity contribution in [3.8, 4) is 16.9 Å². The van der Waals surface area contributed by atoms with Crippen molar-refractivity contribution < 1.29 is 56.0 Å². The van der Waals surface area contributed by atoms with Gasteiger partial charge in [-0.2, -0.15) is 0 Å². The van der Waals surface area contributed by atoms with Gasteiger partial charge in [-0.1, -0.05) is 87.0 Å². The predicted molar refractivity (Wildman–Crippen MR) is 249 cm³/mol. The summed E-state index contributed by atoms with van der Waals surface area (Å²) < 4.78 is 55.2. The zero-order valence-electron chi connectivity index (χ0n) is 38.5. The summed E-state index contributed by atoms with van der Waals surface area (Å²) in [6, 6.07) is 17.6. The van der Waals surface area contributed by atoms with Gasteiger partial charge in [-0.05, 0) is 85.9 Å².